The van der Waals surface area contributed by atoms with Gasteiger partial charge in [-0.05, 0) is 29.9 Å². The smallest absolute Gasteiger partial charge is 0.326 e. The van der Waals surface area contributed by atoms with Crippen molar-refractivity contribution in [1.29, 1.82) is 0 Å². The van der Waals surface area contributed by atoms with Crippen molar-refractivity contribution in [3.8, 4) is 0 Å². The molecule has 0 radical (unpaired) electrons. The fourth-order valence-electron chi connectivity index (χ4n) is 3.86. The van der Waals surface area contributed by atoms with Gasteiger partial charge in [-0.15, -0.1) is 0 Å². The predicted octanol–water partition coefficient (Wildman–Crippen LogP) is -0.236. The Labute approximate surface area is 214 Å². The third kappa shape index (κ3) is 8.04. The first-order chi connectivity index (χ1) is 17.3. The second kappa shape index (κ2) is 12.9. The summed E-state index contributed by atoms with van der Waals surface area (Å²) in [4.78, 5) is 64.9. The third-order valence-corrected chi connectivity index (χ3v) is 5.97. The number of benzene rings is 1. The highest BCUT2D eigenvalue weighted by atomic mass is 16.4. The predicted molar refractivity (Wildman–Crippen MR) is 137 cm³/mol. The van der Waals surface area contributed by atoms with Gasteiger partial charge in [0.15, 0.2) is 0 Å². The summed E-state index contributed by atoms with van der Waals surface area (Å²) in [6, 6.07) is 2.81. The molecule has 0 saturated heterocycles. The maximum atomic E-state index is 13.0. The number of carboxylic acid groups (broad SMARTS) is 1. The highest BCUT2D eigenvalue weighted by Crippen LogP contribution is 2.19. The van der Waals surface area contributed by atoms with E-state index in [1.54, 1.807) is 33.9 Å². The number of carbonyl (C=O) groups is 5. The largest absolute Gasteiger partial charge is 0.480 e. The molecular weight excluding hydrogens is 480 g/mol. The Morgan fingerprint density at radius 2 is 1.49 bits per heavy atom. The normalized spacial score (nSPS) is 14.6. The van der Waals surface area contributed by atoms with Gasteiger partial charge in [-0.25, -0.2) is 4.79 Å². The number of rotatable bonds is 13. The summed E-state index contributed by atoms with van der Waals surface area (Å²) < 4.78 is 0. The summed E-state index contributed by atoms with van der Waals surface area (Å²) in [5.74, 6) is -5.09. The van der Waals surface area contributed by atoms with Gasteiger partial charge >= 0.3 is 5.97 Å². The van der Waals surface area contributed by atoms with Crippen LogP contribution < -0.4 is 27.4 Å². The number of H-pyrrole nitrogens is 1. The molecular formula is C25H36N6O6. The minimum Gasteiger partial charge on any atom is -0.480 e. The van der Waals surface area contributed by atoms with Gasteiger partial charge in [-0.2, -0.15) is 0 Å². The second-order valence-electron chi connectivity index (χ2n) is 9.70. The lowest BCUT2D eigenvalue weighted by molar-refractivity contribution is -0.144. The number of primary amides is 1. The molecule has 2 rings (SSSR count). The van der Waals surface area contributed by atoms with Gasteiger partial charge in [0.05, 0.1) is 12.5 Å². The van der Waals surface area contributed by atoms with E-state index in [2.05, 4.69) is 20.9 Å². The molecule has 0 fully saturated rings. The molecule has 0 aliphatic heterocycles. The van der Waals surface area contributed by atoms with Gasteiger partial charge in [-0.3, -0.25) is 19.2 Å². The summed E-state index contributed by atoms with van der Waals surface area (Å²) in [6.45, 7) is 6.60. The number of aromatic amines is 1. The molecule has 9 N–H and O–H groups in total. The van der Waals surface area contributed by atoms with Gasteiger partial charge in [0.2, 0.25) is 23.6 Å². The summed E-state index contributed by atoms with van der Waals surface area (Å²) in [6.07, 6.45) is 1.40. The number of hydrogen-bond acceptors (Lipinski definition) is 6. The van der Waals surface area contributed by atoms with Crippen LogP contribution in [0.1, 0.15) is 39.7 Å². The molecule has 202 valence electrons. The molecule has 37 heavy (non-hydrogen) atoms. The Hall–Kier alpha value is -3.93. The van der Waals surface area contributed by atoms with E-state index < -0.39 is 72.0 Å². The highest BCUT2D eigenvalue weighted by Gasteiger charge is 2.33. The van der Waals surface area contributed by atoms with E-state index in [9.17, 15) is 29.1 Å². The minimum absolute atomic E-state index is 0.170. The molecule has 0 aliphatic carbocycles. The maximum absolute atomic E-state index is 13.0. The Morgan fingerprint density at radius 1 is 0.892 bits per heavy atom. The first kappa shape index (κ1) is 29.3. The number of hydrogen-bond donors (Lipinski definition) is 7. The van der Waals surface area contributed by atoms with Crippen LogP contribution in [0, 0.1) is 11.8 Å². The van der Waals surface area contributed by atoms with E-state index in [0.717, 1.165) is 16.5 Å². The van der Waals surface area contributed by atoms with Crippen LogP contribution in [0.3, 0.4) is 0 Å². The topological polar surface area (TPSA) is 209 Å². The zero-order chi connectivity index (χ0) is 27.9. The molecule has 0 spiro atoms. The van der Waals surface area contributed by atoms with Crippen LogP contribution in [0.4, 0.5) is 0 Å². The molecule has 1 aromatic heterocycles. The molecule has 4 unspecified atom stereocenters. The summed E-state index contributed by atoms with van der Waals surface area (Å²) in [5, 5.41) is 17.7. The number of nitrogens with one attached hydrogen (secondary N) is 4. The van der Waals surface area contributed by atoms with Gasteiger partial charge < -0.3 is 37.5 Å². The van der Waals surface area contributed by atoms with Crippen molar-refractivity contribution in [3.63, 3.8) is 0 Å². The molecule has 1 aromatic carbocycles. The van der Waals surface area contributed by atoms with Crippen LogP contribution in [0.2, 0.25) is 0 Å². The van der Waals surface area contributed by atoms with E-state index in [1.807, 2.05) is 24.3 Å². The Bertz CT molecular complexity index is 1140. The fourth-order valence-corrected chi connectivity index (χ4v) is 3.86. The number of carboxylic acids is 1. The number of carbonyl (C=O) groups excluding carboxylic acids is 4. The maximum Gasteiger partial charge on any atom is 0.326 e. The summed E-state index contributed by atoms with van der Waals surface area (Å²) in [7, 11) is 0. The highest BCUT2D eigenvalue weighted by molar-refractivity contribution is 5.96. The standard InChI is InChI=1S/C25H36N6O6/c1-12(2)20(24(35)31-21(13(3)4)25(36)37)30-23(34)18(10-19(27)32)29-22(33)16(26)9-14-11-28-17-8-6-5-7-15(14)17/h5-8,11-13,16,18,20-21,28H,9-10,26H2,1-4H3,(H2,27,32)(H,29,33)(H,30,34)(H,31,35)(H,36,37). The van der Waals surface area contributed by atoms with Gasteiger partial charge in [0, 0.05) is 17.1 Å². The van der Waals surface area contributed by atoms with E-state index in [1.165, 1.54) is 0 Å². The number of nitrogens with two attached hydrogens (primary N) is 2. The van der Waals surface area contributed by atoms with E-state index >= 15 is 0 Å². The fraction of sp³-hybridized carbons (Fsp3) is 0.480. The van der Waals surface area contributed by atoms with Crippen molar-refractivity contribution in [2.45, 2.75) is 64.7 Å². The molecule has 4 amide bonds. The van der Waals surface area contributed by atoms with Crippen molar-refractivity contribution in [2.24, 2.45) is 23.3 Å². The lowest BCUT2D eigenvalue weighted by atomic mass is 9.99. The molecule has 12 nitrogen and oxygen atoms in total. The second-order valence-corrected chi connectivity index (χ2v) is 9.70. The molecule has 12 heteroatoms. The average molecular weight is 517 g/mol. The Morgan fingerprint density at radius 3 is 2.05 bits per heavy atom. The van der Waals surface area contributed by atoms with Crippen LogP contribution in [0.25, 0.3) is 10.9 Å². The zero-order valence-corrected chi connectivity index (χ0v) is 21.4. The van der Waals surface area contributed by atoms with Crippen LogP contribution in [-0.4, -0.2) is 63.9 Å². The number of amides is 4. The van der Waals surface area contributed by atoms with E-state index in [0.29, 0.717) is 0 Å². The van der Waals surface area contributed by atoms with Crippen molar-refractivity contribution in [3.05, 3.63) is 36.0 Å². The summed E-state index contributed by atoms with van der Waals surface area (Å²) in [5.41, 5.74) is 13.1. The summed E-state index contributed by atoms with van der Waals surface area (Å²) >= 11 is 0. The number of aromatic nitrogens is 1. The van der Waals surface area contributed by atoms with E-state index in [-0.39, 0.29) is 6.42 Å². The zero-order valence-electron chi connectivity index (χ0n) is 21.4. The number of aliphatic carboxylic acids is 1. The molecule has 4 atom stereocenters. The first-order valence-electron chi connectivity index (χ1n) is 12.0. The minimum atomic E-state index is -1.38. The number of fused-ring (bicyclic) bond motifs is 1. The first-order valence-corrected chi connectivity index (χ1v) is 12.0. The van der Waals surface area contributed by atoms with Crippen molar-refractivity contribution in [2.75, 3.05) is 0 Å². The van der Waals surface area contributed by atoms with Gasteiger partial charge in [0.1, 0.15) is 18.1 Å². The number of para-hydroxylation sites is 1. The Kier molecular flexibility index (Phi) is 10.2. The van der Waals surface area contributed by atoms with Gasteiger partial charge in [-0.1, -0.05) is 45.9 Å². The lowest BCUT2D eigenvalue weighted by Gasteiger charge is -2.27. The molecule has 2 aromatic rings. The molecule has 0 aliphatic rings. The van der Waals surface area contributed by atoms with Crippen molar-refractivity contribution < 1.29 is 29.1 Å². The quantitative estimate of drug-likeness (QED) is 0.190. The average Bonchev–Trinajstić information content (AvgIpc) is 3.21. The van der Waals surface area contributed by atoms with E-state index in [4.69, 9.17) is 11.5 Å². The monoisotopic (exact) mass is 516 g/mol. The molecule has 1 heterocycles. The van der Waals surface area contributed by atoms with Crippen molar-refractivity contribution in [1.82, 2.24) is 20.9 Å². The Balaban J connectivity index is 2.12. The SMILES string of the molecule is CC(C)C(NC(=O)C(NC(=O)C(CC(N)=O)NC(=O)C(N)Cc1c[nH]c2ccccc12)C(C)C)C(=O)O. The van der Waals surface area contributed by atoms with Crippen LogP contribution in [0.15, 0.2) is 30.5 Å². The van der Waals surface area contributed by atoms with Crippen LogP contribution in [0.5, 0.6) is 0 Å². The van der Waals surface area contributed by atoms with Crippen molar-refractivity contribution >= 4 is 40.5 Å². The van der Waals surface area contributed by atoms with Gasteiger partial charge in [0.25, 0.3) is 0 Å². The lowest BCUT2D eigenvalue weighted by Crippen LogP contribution is -2.59. The van der Waals surface area contributed by atoms with Crippen LogP contribution in [-0.2, 0) is 30.4 Å². The van der Waals surface area contributed by atoms with Crippen LogP contribution >= 0.6 is 0 Å². The molecule has 0 saturated carbocycles. The third-order valence-electron chi connectivity index (χ3n) is 5.97. The molecule has 0 bridgehead atoms.